The molecule has 5 rings (SSSR count). The molecule has 1 aromatic heterocycles. The second kappa shape index (κ2) is 10.1. The lowest BCUT2D eigenvalue weighted by Crippen LogP contribution is -2.41. The number of aliphatic hydroxyl groups is 1. The van der Waals surface area contributed by atoms with Gasteiger partial charge in [0.1, 0.15) is 23.1 Å². The van der Waals surface area contributed by atoms with Crippen molar-refractivity contribution in [2.24, 2.45) is 0 Å². The summed E-state index contributed by atoms with van der Waals surface area (Å²) in [6.45, 7) is 11.6. The Labute approximate surface area is 243 Å². The molecule has 2 heterocycles. The smallest absolute Gasteiger partial charge is 0.303 e. The van der Waals surface area contributed by atoms with Gasteiger partial charge in [0.25, 0.3) is 0 Å². The zero-order chi connectivity index (χ0) is 30.8. The molecule has 1 atom stereocenters. The highest BCUT2D eigenvalue weighted by atomic mass is 19.3. The molecule has 0 bridgehead atoms. The maximum Gasteiger partial charge on any atom is 0.303 e. The predicted octanol–water partition coefficient (Wildman–Crippen LogP) is 7.48. The first-order valence-electron chi connectivity index (χ1n) is 14.0. The molecule has 0 aliphatic carbocycles. The Hall–Kier alpha value is -3.98. The molecule has 4 aromatic rings. The van der Waals surface area contributed by atoms with Crippen molar-refractivity contribution < 1.29 is 23.1 Å². The first-order valence-corrected chi connectivity index (χ1v) is 14.0. The molecule has 1 aliphatic rings. The van der Waals surface area contributed by atoms with E-state index in [9.17, 15) is 9.90 Å². The molecule has 0 spiro atoms. The lowest BCUT2D eigenvalue weighted by molar-refractivity contribution is -0.170. The average Bonchev–Trinajstić information content (AvgIpc) is 3.11. The maximum absolute atomic E-state index is 16.0. The Morgan fingerprint density at radius 3 is 2.33 bits per heavy atom. The van der Waals surface area contributed by atoms with E-state index in [0.29, 0.717) is 34.8 Å². The number of carbonyl (C=O) groups is 1. The first-order chi connectivity index (χ1) is 19.6. The van der Waals surface area contributed by atoms with Crippen LogP contribution in [0, 0.1) is 12.7 Å². The lowest BCUT2D eigenvalue weighted by atomic mass is 9.85. The first kappa shape index (κ1) is 29.5. The molecule has 42 heavy (non-hydrogen) atoms. The summed E-state index contributed by atoms with van der Waals surface area (Å²) in [5, 5.41) is 10.8. The van der Waals surface area contributed by atoms with Gasteiger partial charge in [-0.3, -0.25) is 4.79 Å². The fourth-order valence-corrected chi connectivity index (χ4v) is 5.75. The summed E-state index contributed by atoms with van der Waals surface area (Å²) in [5.74, 6) is -4.04. The molecule has 1 aliphatic heterocycles. The Morgan fingerprint density at radius 2 is 1.71 bits per heavy atom. The minimum atomic E-state index is -3.84. The molecule has 9 heteroatoms. The number of carbonyl (C=O) groups excluding carboxylic acids is 1. The monoisotopic (exact) mass is 576 g/mol. The van der Waals surface area contributed by atoms with Crippen molar-refractivity contribution in [2.75, 3.05) is 16.3 Å². The highest BCUT2D eigenvalue weighted by molar-refractivity contribution is 6.10. The number of para-hydroxylation sites is 1. The molecule has 0 fully saturated rings. The number of hydrogen-bond acceptors (Lipinski definition) is 5. The number of fused-ring (bicyclic) bond motifs is 2. The summed E-state index contributed by atoms with van der Waals surface area (Å²) in [7, 11) is 0. The lowest BCUT2D eigenvalue weighted by Gasteiger charge is -2.34. The predicted molar refractivity (Wildman–Crippen MR) is 159 cm³/mol. The van der Waals surface area contributed by atoms with Crippen molar-refractivity contribution in [3.8, 4) is 0 Å². The Balaban J connectivity index is 1.77. The van der Waals surface area contributed by atoms with E-state index in [1.807, 2.05) is 63.2 Å². The molecule has 6 nitrogen and oxygen atoms in total. The highest BCUT2D eigenvalue weighted by Gasteiger charge is 2.49. The number of aromatic nitrogens is 2. The van der Waals surface area contributed by atoms with Gasteiger partial charge in [0, 0.05) is 28.9 Å². The average molecular weight is 577 g/mol. The van der Waals surface area contributed by atoms with Gasteiger partial charge in [-0.25, -0.2) is 14.4 Å². The van der Waals surface area contributed by atoms with Gasteiger partial charge >= 0.3 is 5.92 Å². The summed E-state index contributed by atoms with van der Waals surface area (Å²) >= 11 is 0. The molecule has 0 radical (unpaired) electrons. The molecule has 220 valence electrons. The fourth-order valence-electron chi connectivity index (χ4n) is 5.75. The van der Waals surface area contributed by atoms with Gasteiger partial charge in [-0.2, -0.15) is 8.78 Å². The van der Waals surface area contributed by atoms with Gasteiger partial charge in [-0.15, -0.1) is 0 Å². The van der Waals surface area contributed by atoms with Gasteiger partial charge in [-0.05, 0) is 84.4 Å². The second-order valence-electron chi connectivity index (χ2n) is 11.9. The molecule has 0 saturated carbocycles. The number of amides is 1. The zero-order valence-corrected chi connectivity index (χ0v) is 24.8. The third-order valence-electron chi connectivity index (χ3n) is 8.20. The molecular weight excluding hydrogens is 541 g/mol. The van der Waals surface area contributed by atoms with E-state index in [2.05, 4.69) is 4.98 Å². The van der Waals surface area contributed by atoms with E-state index >= 15 is 13.2 Å². The largest absolute Gasteiger partial charge is 0.384 e. The number of likely N-dealkylation sites (N-methyl/N-ethyl adjacent to an activating group) is 1. The van der Waals surface area contributed by atoms with Crippen LogP contribution in [-0.4, -0.2) is 33.1 Å². The van der Waals surface area contributed by atoms with Crippen LogP contribution in [0.1, 0.15) is 70.1 Å². The Kier molecular flexibility index (Phi) is 7.08. The van der Waals surface area contributed by atoms with Gasteiger partial charge in [0.15, 0.2) is 0 Å². The molecule has 3 aromatic carbocycles. The number of hydrogen-bond donors (Lipinski definition) is 1. The van der Waals surface area contributed by atoms with Crippen molar-refractivity contribution >= 4 is 34.0 Å². The van der Waals surface area contributed by atoms with Crippen LogP contribution in [-0.2, 0) is 16.1 Å². The van der Waals surface area contributed by atoms with E-state index in [1.165, 1.54) is 12.1 Å². The van der Waals surface area contributed by atoms with E-state index in [0.717, 1.165) is 31.2 Å². The summed E-state index contributed by atoms with van der Waals surface area (Å²) in [6.07, 6.45) is 0. The summed E-state index contributed by atoms with van der Waals surface area (Å²) in [4.78, 5) is 26.3. The highest BCUT2D eigenvalue weighted by Crippen LogP contribution is 2.47. The topological polar surface area (TPSA) is 69.6 Å². The van der Waals surface area contributed by atoms with Crippen molar-refractivity contribution in [3.05, 3.63) is 89.0 Å². The molecule has 0 saturated heterocycles. The number of anilines is 3. The SMILES string of the molecule is CCN1C(=O)C(C)(C)c2cc3nc(C)nc(N(c4ccccc4)[C@H](C)c4cccc(C(F)(F)C(C)(C)O)c4F)c3cc21. The fraction of sp³-hybridized carbons (Fsp3) is 0.364. The van der Waals surface area contributed by atoms with Crippen LogP contribution in [0.3, 0.4) is 0 Å². The van der Waals surface area contributed by atoms with E-state index in [-0.39, 0.29) is 11.5 Å². The molecular formula is C33H35F3N4O2. The molecule has 1 N–H and O–H groups in total. The van der Waals surface area contributed by atoms with Crippen LogP contribution in [0.15, 0.2) is 60.7 Å². The second-order valence-corrected chi connectivity index (χ2v) is 11.9. The van der Waals surface area contributed by atoms with Crippen molar-refractivity contribution in [3.63, 3.8) is 0 Å². The van der Waals surface area contributed by atoms with E-state index < -0.39 is 34.4 Å². The summed E-state index contributed by atoms with van der Waals surface area (Å²) in [6, 6.07) is 16.0. The third-order valence-corrected chi connectivity index (χ3v) is 8.20. The quantitative estimate of drug-likeness (QED) is 0.247. The molecule has 0 unspecified atom stereocenters. The van der Waals surface area contributed by atoms with Crippen LogP contribution < -0.4 is 9.80 Å². The number of rotatable bonds is 7. The van der Waals surface area contributed by atoms with Crippen molar-refractivity contribution in [2.45, 2.75) is 71.4 Å². The van der Waals surface area contributed by atoms with Crippen LogP contribution >= 0.6 is 0 Å². The number of halogens is 3. The Morgan fingerprint density at radius 1 is 1.05 bits per heavy atom. The standard InChI is InChI=1S/C33H35F3N4O2/c1-8-39-27-17-23-26(18-25(27)31(4,5)30(39)41)37-20(3)38-29(23)40(21-13-10-9-11-14-21)19(2)22-15-12-16-24(28(22)34)33(35,36)32(6,7)42/h9-19,42H,8H2,1-7H3/t19-/m1/s1. The maximum atomic E-state index is 16.0. The van der Waals surface area contributed by atoms with E-state index in [1.54, 1.807) is 23.6 Å². The number of nitrogens with zero attached hydrogens (tertiary/aromatic N) is 4. The Bertz CT molecular complexity index is 1680. The van der Waals surface area contributed by atoms with E-state index in [4.69, 9.17) is 4.98 Å². The normalized spacial score (nSPS) is 15.7. The zero-order valence-electron chi connectivity index (χ0n) is 24.8. The van der Waals surface area contributed by atoms with Crippen LogP contribution in [0.5, 0.6) is 0 Å². The number of benzene rings is 3. The summed E-state index contributed by atoms with van der Waals surface area (Å²) < 4.78 is 46.5. The molecule has 1 amide bonds. The number of aryl methyl sites for hydroxylation is 1. The number of alkyl halides is 2. The third kappa shape index (κ3) is 4.51. The van der Waals surface area contributed by atoms with Gasteiger partial charge in [0.05, 0.1) is 22.5 Å². The minimum absolute atomic E-state index is 0.0114. The van der Waals surface area contributed by atoms with Crippen molar-refractivity contribution in [1.82, 2.24) is 9.97 Å². The van der Waals surface area contributed by atoms with Crippen LogP contribution in [0.2, 0.25) is 0 Å². The van der Waals surface area contributed by atoms with Crippen molar-refractivity contribution in [1.29, 1.82) is 0 Å². The van der Waals surface area contributed by atoms with Gasteiger partial charge in [-0.1, -0.05) is 30.3 Å². The van der Waals surface area contributed by atoms with Crippen LogP contribution in [0.4, 0.5) is 30.4 Å². The minimum Gasteiger partial charge on any atom is -0.384 e. The van der Waals surface area contributed by atoms with Gasteiger partial charge < -0.3 is 14.9 Å². The van der Waals surface area contributed by atoms with Gasteiger partial charge in [0.2, 0.25) is 5.91 Å². The summed E-state index contributed by atoms with van der Waals surface area (Å²) in [5.41, 5.74) is -1.19. The van der Waals surface area contributed by atoms with Crippen LogP contribution in [0.25, 0.3) is 10.9 Å².